The van der Waals surface area contributed by atoms with Gasteiger partial charge in [0.25, 0.3) is 5.91 Å². The normalized spacial score (nSPS) is 11.3. The number of nitrogens with two attached hydrogens (primary N) is 1. The minimum atomic E-state index is -1.08. The molecular weight excluding hydrogens is 719 g/mol. The molecule has 6 aromatic heterocycles. The number of imidazole rings is 1. The molecule has 0 saturated carbocycles. The summed E-state index contributed by atoms with van der Waals surface area (Å²) < 4.78 is 1.52. The van der Waals surface area contributed by atoms with Crippen molar-refractivity contribution in [3.63, 3.8) is 0 Å². The summed E-state index contributed by atoms with van der Waals surface area (Å²) in [6.45, 7) is 9.54. The van der Waals surface area contributed by atoms with Gasteiger partial charge in [0.2, 0.25) is 17.7 Å². The van der Waals surface area contributed by atoms with Crippen molar-refractivity contribution in [2.45, 2.75) is 45.7 Å². The summed E-state index contributed by atoms with van der Waals surface area (Å²) in [4.78, 5) is 56.9. The van der Waals surface area contributed by atoms with E-state index in [0.29, 0.717) is 55.8 Å². The molecule has 0 fully saturated rings. The maximum absolute atomic E-state index is 11.3. The third-order valence-corrected chi connectivity index (χ3v) is 8.61. The first-order chi connectivity index (χ1) is 25.1. The maximum Gasteiger partial charge on any atom is 0.372 e. The van der Waals surface area contributed by atoms with E-state index in [4.69, 9.17) is 28.9 Å². The van der Waals surface area contributed by atoms with Crippen LogP contribution in [0.2, 0.25) is 10.0 Å². The summed E-state index contributed by atoms with van der Waals surface area (Å²) in [5.41, 5.74) is 8.82. The first-order valence-electron chi connectivity index (χ1n) is 16.0. The van der Waals surface area contributed by atoms with Gasteiger partial charge in [0, 0.05) is 61.0 Å². The van der Waals surface area contributed by atoms with Gasteiger partial charge in [-0.2, -0.15) is 0 Å². The van der Waals surface area contributed by atoms with Crippen molar-refractivity contribution in [2.24, 2.45) is 12.8 Å². The quantitative estimate of drug-likeness (QED) is 0.121. The van der Waals surface area contributed by atoms with Gasteiger partial charge in [-0.05, 0) is 71.0 Å². The average Bonchev–Trinajstić information content (AvgIpc) is 3.42. The van der Waals surface area contributed by atoms with Gasteiger partial charge >= 0.3 is 5.97 Å². The zero-order valence-corrected chi connectivity index (χ0v) is 31.1. The summed E-state index contributed by atoms with van der Waals surface area (Å²) >= 11 is 12.5. The molecule has 1 amide bonds. The highest BCUT2D eigenvalue weighted by Gasteiger charge is 2.27. The standard InChI is InChI=1S/C18H19ClN6O2.C18H17ClN6O/c1-10-13(23-15(16(26)27)25(10)4)11-8-21-17(22-9-11)24-18(2,3)14-12(19)6-5-7-20-14;1-18(2,15-12(19)5-4-8-21-15)25-17-22-9-11(10-23-17)13-6-3-7-14(24-13)16(20)26/h5-9H,1-4H3,(H,26,27)(H,21,22,24);3-10H,1-2H3,(H2,20,26)(H,22,23,25). The van der Waals surface area contributed by atoms with Crippen LogP contribution in [0.5, 0.6) is 0 Å². The number of carboxylic acid groups (broad SMARTS) is 1. The molecule has 6 aromatic rings. The second kappa shape index (κ2) is 15.7. The van der Waals surface area contributed by atoms with Crippen molar-refractivity contribution in [3.05, 3.63) is 118 Å². The Morgan fingerprint density at radius 3 is 1.66 bits per heavy atom. The molecule has 0 aliphatic heterocycles. The molecule has 15 nitrogen and oxygen atoms in total. The van der Waals surface area contributed by atoms with Gasteiger partial charge in [0.05, 0.1) is 43.9 Å². The Hall–Kier alpha value is -6.06. The Labute approximate surface area is 315 Å². The lowest BCUT2D eigenvalue weighted by molar-refractivity contribution is 0.0679. The highest BCUT2D eigenvalue weighted by atomic mass is 35.5. The number of primary amides is 1. The van der Waals surface area contributed by atoms with Gasteiger partial charge in [-0.3, -0.25) is 14.8 Å². The second-order valence-electron chi connectivity index (χ2n) is 12.8. The third kappa shape index (κ3) is 8.88. The number of hydrogen-bond donors (Lipinski definition) is 4. The molecule has 0 aliphatic rings. The van der Waals surface area contributed by atoms with Crippen LogP contribution in [0.25, 0.3) is 22.5 Å². The number of rotatable bonds is 10. The van der Waals surface area contributed by atoms with E-state index in [-0.39, 0.29) is 11.5 Å². The number of amides is 1. The molecule has 6 rings (SSSR count). The topological polar surface area (TPSA) is 212 Å². The van der Waals surface area contributed by atoms with Crippen molar-refractivity contribution in [3.8, 4) is 22.5 Å². The average molecular weight is 756 g/mol. The fourth-order valence-electron chi connectivity index (χ4n) is 5.19. The number of carbonyl (C=O) groups excluding carboxylic acids is 1. The summed E-state index contributed by atoms with van der Waals surface area (Å²) in [7, 11) is 1.66. The Balaban J connectivity index is 0.000000204. The van der Waals surface area contributed by atoms with Crippen LogP contribution < -0.4 is 16.4 Å². The monoisotopic (exact) mass is 754 g/mol. The van der Waals surface area contributed by atoms with E-state index in [1.165, 1.54) is 4.57 Å². The Morgan fingerprint density at radius 2 is 1.23 bits per heavy atom. The molecule has 0 spiro atoms. The first-order valence-corrected chi connectivity index (χ1v) is 16.8. The predicted molar refractivity (Wildman–Crippen MR) is 202 cm³/mol. The van der Waals surface area contributed by atoms with E-state index in [2.05, 4.69) is 50.5 Å². The van der Waals surface area contributed by atoms with Crippen molar-refractivity contribution in [2.75, 3.05) is 10.6 Å². The predicted octanol–water partition coefficient (Wildman–Crippen LogP) is 6.31. The van der Waals surface area contributed by atoms with Crippen molar-refractivity contribution in [1.82, 2.24) is 44.4 Å². The molecule has 272 valence electrons. The lowest BCUT2D eigenvalue weighted by Crippen LogP contribution is -2.30. The number of nitrogens with one attached hydrogen (secondary N) is 2. The summed E-state index contributed by atoms with van der Waals surface area (Å²) in [6, 6.07) is 12.1. The molecule has 5 N–H and O–H groups in total. The number of anilines is 2. The van der Waals surface area contributed by atoms with Crippen LogP contribution in [-0.2, 0) is 18.1 Å². The minimum Gasteiger partial charge on any atom is -0.475 e. The number of halogens is 2. The SMILES string of the molecule is CC(C)(Nc1ncc(-c2cccc(C(N)=O)n2)cn1)c1ncccc1Cl.Cc1c(-c2cnc(NC(C)(C)c3ncccc3Cl)nc2)nc(C(=O)O)n1C. The number of hydrogen-bond acceptors (Lipinski definition) is 12. The molecule has 0 radical (unpaired) electrons. The van der Waals surface area contributed by atoms with E-state index in [9.17, 15) is 14.7 Å². The number of aromatic nitrogens is 9. The van der Waals surface area contributed by atoms with Crippen LogP contribution in [0.15, 0.2) is 79.6 Å². The number of pyridine rings is 3. The first kappa shape index (κ1) is 38.2. The number of carbonyl (C=O) groups is 2. The van der Waals surface area contributed by atoms with Gasteiger partial charge in [0.1, 0.15) is 5.69 Å². The van der Waals surface area contributed by atoms with Crippen LogP contribution in [0, 0.1) is 6.92 Å². The lowest BCUT2D eigenvalue weighted by atomic mass is 10.00. The van der Waals surface area contributed by atoms with Crippen molar-refractivity contribution in [1.29, 1.82) is 0 Å². The van der Waals surface area contributed by atoms with E-state index in [1.54, 1.807) is 93.6 Å². The molecule has 17 heteroatoms. The van der Waals surface area contributed by atoms with Crippen LogP contribution in [-0.4, -0.2) is 61.4 Å². The molecule has 0 unspecified atom stereocenters. The molecule has 0 aromatic carbocycles. The number of nitrogens with zero attached hydrogens (tertiary/aromatic N) is 9. The Kier molecular flexibility index (Phi) is 11.3. The minimum absolute atomic E-state index is 0.0318. The zero-order chi connectivity index (χ0) is 38.5. The fourth-order valence-corrected chi connectivity index (χ4v) is 5.90. The maximum atomic E-state index is 11.3. The largest absolute Gasteiger partial charge is 0.475 e. The van der Waals surface area contributed by atoms with Crippen LogP contribution in [0.4, 0.5) is 11.9 Å². The molecule has 0 bridgehead atoms. The van der Waals surface area contributed by atoms with E-state index >= 15 is 0 Å². The van der Waals surface area contributed by atoms with E-state index < -0.39 is 23.0 Å². The molecule has 0 atom stereocenters. The van der Waals surface area contributed by atoms with E-state index in [0.717, 1.165) is 5.69 Å². The molecular formula is C36H36Cl2N12O3. The second-order valence-corrected chi connectivity index (χ2v) is 13.6. The van der Waals surface area contributed by atoms with Crippen LogP contribution >= 0.6 is 23.2 Å². The molecule has 53 heavy (non-hydrogen) atoms. The van der Waals surface area contributed by atoms with Crippen molar-refractivity contribution >= 4 is 47.0 Å². The van der Waals surface area contributed by atoms with Crippen LogP contribution in [0.3, 0.4) is 0 Å². The highest BCUT2D eigenvalue weighted by Crippen LogP contribution is 2.30. The third-order valence-electron chi connectivity index (χ3n) is 8.00. The number of carboxylic acids is 1. The van der Waals surface area contributed by atoms with Gasteiger partial charge in [-0.1, -0.05) is 29.3 Å². The Morgan fingerprint density at radius 1 is 0.736 bits per heavy atom. The molecule has 6 heterocycles. The zero-order valence-electron chi connectivity index (χ0n) is 29.6. The smallest absolute Gasteiger partial charge is 0.372 e. The van der Waals surface area contributed by atoms with Gasteiger partial charge in [-0.25, -0.2) is 34.7 Å². The van der Waals surface area contributed by atoms with Gasteiger partial charge in [-0.15, -0.1) is 0 Å². The summed E-state index contributed by atoms with van der Waals surface area (Å²) in [6.07, 6.45) is 9.82. The summed E-state index contributed by atoms with van der Waals surface area (Å²) in [5.74, 6) is -0.875. The molecule has 0 aliphatic carbocycles. The highest BCUT2D eigenvalue weighted by molar-refractivity contribution is 6.31. The summed E-state index contributed by atoms with van der Waals surface area (Å²) in [5, 5.41) is 16.8. The van der Waals surface area contributed by atoms with Gasteiger partial charge in [0.15, 0.2) is 0 Å². The Bertz CT molecular complexity index is 2260. The van der Waals surface area contributed by atoms with E-state index in [1.807, 2.05) is 27.7 Å². The fraction of sp³-hybridized carbons (Fsp3) is 0.222. The van der Waals surface area contributed by atoms with Crippen molar-refractivity contribution < 1.29 is 14.7 Å². The lowest BCUT2D eigenvalue weighted by Gasteiger charge is -2.26. The van der Waals surface area contributed by atoms with Crippen LogP contribution in [0.1, 0.15) is 65.9 Å². The molecule has 0 saturated heterocycles. The van der Waals surface area contributed by atoms with Gasteiger partial charge < -0.3 is 26.0 Å². The number of aromatic carboxylic acids is 1.